The van der Waals surface area contributed by atoms with Crippen molar-refractivity contribution in [2.75, 3.05) is 0 Å². The number of aryl methyl sites for hydroxylation is 2. The third-order valence-electron chi connectivity index (χ3n) is 3.22. The normalized spacial score (nSPS) is 12.4. The Morgan fingerprint density at radius 1 is 1.22 bits per heavy atom. The molecule has 94 valence electrons. The first-order valence-corrected chi connectivity index (χ1v) is 5.99. The Bertz CT molecular complexity index is 552. The number of hydrogen-bond acceptors (Lipinski definition) is 2. The third kappa shape index (κ3) is 2.74. The molecule has 1 aromatic heterocycles. The molecule has 0 radical (unpaired) electrons. The molecule has 1 unspecified atom stereocenters. The lowest BCUT2D eigenvalue weighted by Crippen LogP contribution is -2.15. The quantitative estimate of drug-likeness (QED) is 0.901. The summed E-state index contributed by atoms with van der Waals surface area (Å²) in [6.45, 7) is 3.93. The van der Waals surface area contributed by atoms with Gasteiger partial charge in [-0.1, -0.05) is 6.07 Å². The molecule has 2 N–H and O–H groups in total. The molecular formula is C15H17FN2. The second-order valence-corrected chi connectivity index (χ2v) is 4.61. The van der Waals surface area contributed by atoms with Crippen LogP contribution < -0.4 is 5.73 Å². The molecule has 0 aliphatic carbocycles. The summed E-state index contributed by atoms with van der Waals surface area (Å²) in [5, 5.41) is 0. The van der Waals surface area contributed by atoms with Crippen LogP contribution in [0, 0.1) is 19.7 Å². The van der Waals surface area contributed by atoms with Crippen LogP contribution in [0.15, 0.2) is 36.7 Å². The second-order valence-electron chi connectivity index (χ2n) is 4.61. The number of rotatable bonds is 3. The van der Waals surface area contributed by atoms with Crippen molar-refractivity contribution >= 4 is 0 Å². The summed E-state index contributed by atoms with van der Waals surface area (Å²) in [5.41, 5.74) is 10.4. The van der Waals surface area contributed by atoms with Crippen LogP contribution in [0.4, 0.5) is 4.39 Å². The lowest BCUT2D eigenvalue weighted by atomic mass is 9.95. The SMILES string of the molecule is Cc1cc(F)ccc1CC(N)c1cnccc1C. The van der Waals surface area contributed by atoms with Crippen molar-refractivity contribution in [1.82, 2.24) is 4.98 Å². The zero-order chi connectivity index (χ0) is 13.1. The Morgan fingerprint density at radius 3 is 2.67 bits per heavy atom. The molecule has 1 aromatic carbocycles. The van der Waals surface area contributed by atoms with Crippen molar-refractivity contribution in [2.24, 2.45) is 5.73 Å². The van der Waals surface area contributed by atoms with Gasteiger partial charge in [-0.05, 0) is 60.7 Å². The van der Waals surface area contributed by atoms with Gasteiger partial charge in [-0.2, -0.15) is 0 Å². The highest BCUT2D eigenvalue weighted by atomic mass is 19.1. The summed E-state index contributed by atoms with van der Waals surface area (Å²) in [5.74, 6) is -0.206. The molecule has 3 heteroatoms. The van der Waals surface area contributed by atoms with Gasteiger partial charge >= 0.3 is 0 Å². The first-order valence-electron chi connectivity index (χ1n) is 5.99. The van der Waals surface area contributed by atoms with Gasteiger partial charge in [-0.25, -0.2) is 4.39 Å². The van der Waals surface area contributed by atoms with Crippen LogP contribution in [0.5, 0.6) is 0 Å². The van der Waals surface area contributed by atoms with E-state index in [4.69, 9.17) is 5.73 Å². The van der Waals surface area contributed by atoms with Gasteiger partial charge in [-0.3, -0.25) is 4.98 Å². The summed E-state index contributed by atoms with van der Waals surface area (Å²) in [7, 11) is 0. The molecule has 1 atom stereocenters. The standard InChI is InChI=1S/C15H17FN2/c1-10-5-6-18-9-14(10)15(17)8-12-3-4-13(16)7-11(12)2/h3-7,9,15H,8,17H2,1-2H3. The van der Waals surface area contributed by atoms with Crippen molar-refractivity contribution in [3.63, 3.8) is 0 Å². The maximum absolute atomic E-state index is 13.0. The number of benzene rings is 1. The molecule has 0 fully saturated rings. The molecule has 0 amide bonds. The average molecular weight is 244 g/mol. The van der Waals surface area contributed by atoms with Gasteiger partial charge in [0.25, 0.3) is 0 Å². The van der Waals surface area contributed by atoms with E-state index in [0.717, 1.165) is 22.3 Å². The number of pyridine rings is 1. The van der Waals surface area contributed by atoms with Gasteiger partial charge in [0.1, 0.15) is 5.82 Å². The molecule has 0 spiro atoms. The van der Waals surface area contributed by atoms with Crippen molar-refractivity contribution in [2.45, 2.75) is 26.3 Å². The minimum atomic E-state index is -0.206. The van der Waals surface area contributed by atoms with Crippen molar-refractivity contribution in [1.29, 1.82) is 0 Å². The summed E-state index contributed by atoms with van der Waals surface area (Å²) >= 11 is 0. The van der Waals surface area contributed by atoms with Gasteiger partial charge < -0.3 is 5.73 Å². The highest BCUT2D eigenvalue weighted by molar-refractivity contribution is 5.31. The summed E-state index contributed by atoms with van der Waals surface area (Å²) < 4.78 is 13.0. The van der Waals surface area contributed by atoms with E-state index in [1.54, 1.807) is 18.5 Å². The Morgan fingerprint density at radius 2 is 2.00 bits per heavy atom. The molecule has 2 nitrogen and oxygen atoms in total. The molecule has 0 saturated carbocycles. The number of hydrogen-bond donors (Lipinski definition) is 1. The minimum Gasteiger partial charge on any atom is -0.324 e. The lowest BCUT2D eigenvalue weighted by molar-refractivity contribution is 0.623. The first-order chi connectivity index (χ1) is 8.58. The summed E-state index contributed by atoms with van der Waals surface area (Å²) in [6, 6.07) is 6.66. The maximum Gasteiger partial charge on any atom is 0.123 e. The van der Waals surface area contributed by atoms with E-state index in [0.29, 0.717) is 6.42 Å². The predicted molar refractivity (Wildman–Crippen MR) is 70.7 cm³/mol. The Hall–Kier alpha value is -1.74. The Kier molecular flexibility index (Phi) is 3.72. The van der Waals surface area contributed by atoms with Crippen LogP contribution in [-0.2, 0) is 6.42 Å². The fraction of sp³-hybridized carbons (Fsp3) is 0.267. The number of halogens is 1. The minimum absolute atomic E-state index is 0.108. The largest absolute Gasteiger partial charge is 0.324 e. The van der Waals surface area contributed by atoms with Crippen LogP contribution in [-0.4, -0.2) is 4.98 Å². The molecule has 0 aliphatic rings. The molecule has 0 aliphatic heterocycles. The van der Waals surface area contributed by atoms with Crippen molar-refractivity contribution in [3.05, 3.63) is 64.7 Å². The maximum atomic E-state index is 13.0. The van der Waals surface area contributed by atoms with Gasteiger partial charge in [0.05, 0.1) is 0 Å². The molecule has 0 bridgehead atoms. The summed E-state index contributed by atoms with van der Waals surface area (Å²) in [6.07, 6.45) is 4.26. The van der Waals surface area contributed by atoms with Crippen molar-refractivity contribution < 1.29 is 4.39 Å². The van der Waals surface area contributed by atoms with E-state index in [2.05, 4.69) is 4.98 Å². The monoisotopic (exact) mass is 244 g/mol. The van der Waals surface area contributed by atoms with E-state index >= 15 is 0 Å². The lowest BCUT2D eigenvalue weighted by Gasteiger charge is -2.15. The number of nitrogens with two attached hydrogens (primary N) is 1. The van der Waals surface area contributed by atoms with Gasteiger partial charge in [0.15, 0.2) is 0 Å². The fourth-order valence-electron chi connectivity index (χ4n) is 2.10. The molecule has 18 heavy (non-hydrogen) atoms. The zero-order valence-electron chi connectivity index (χ0n) is 10.7. The summed E-state index contributed by atoms with van der Waals surface area (Å²) in [4.78, 5) is 4.10. The van der Waals surface area contributed by atoms with Crippen molar-refractivity contribution in [3.8, 4) is 0 Å². The average Bonchev–Trinajstić information content (AvgIpc) is 2.33. The Labute approximate surface area is 107 Å². The predicted octanol–water partition coefficient (Wildman–Crippen LogP) is 3.08. The second kappa shape index (κ2) is 5.27. The molecule has 1 heterocycles. The van der Waals surface area contributed by atoms with E-state index in [-0.39, 0.29) is 11.9 Å². The van der Waals surface area contributed by atoms with Crippen LogP contribution in [0.2, 0.25) is 0 Å². The van der Waals surface area contributed by atoms with E-state index in [9.17, 15) is 4.39 Å². The molecular weight excluding hydrogens is 227 g/mol. The van der Waals surface area contributed by atoms with E-state index < -0.39 is 0 Å². The Balaban J connectivity index is 2.21. The molecule has 2 rings (SSSR count). The first kappa shape index (κ1) is 12.7. The zero-order valence-corrected chi connectivity index (χ0v) is 10.7. The van der Waals surface area contributed by atoms with Gasteiger partial charge in [-0.15, -0.1) is 0 Å². The molecule has 0 saturated heterocycles. The van der Waals surface area contributed by atoms with E-state index in [1.807, 2.05) is 19.9 Å². The smallest absolute Gasteiger partial charge is 0.123 e. The van der Waals surface area contributed by atoms with E-state index in [1.165, 1.54) is 12.1 Å². The van der Waals surface area contributed by atoms with Crippen LogP contribution in [0.25, 0.3) is 0 Å². The van der Waals surface area contributed by atoms with Crippen LogP contribution >= 0.6 is 0 Å². The van der Waals surface area contributed by atoms with Gasteiger partial charge in [0, 0.05) is 18.4 Å². The van der Waals surface area contributed by atoms with Crippen LogP contribution in [0.1, 0.15) is 28.3 Å². The third-order valence-corrected chi connectivity index (χ3v) is 3.22. The fourth-order valence-corrected chi connectivity index (χ4v) is 2.10. The highest BCUT2D eigenvalue weighted by Gasteiger charge is 2.11. The number of aromatic nitrogens is 1. The van der Waals surface area contributed by atoms with Gasteiger partial charge in [0.2, 0.25) is 0 Å². The topological polar surface area (TPSA) is 38.9 Å². The number of nitrogens with zero attached hydrogens (tertiary/aromatic N) is 1. The molecule has 2 aromatic rings. The van der Waals surface area contributed by atoms with Crippen LogP contribution in [0.3, 0.4) is 0 Å². The highest BCUT2D eigenvalue weighted by Crippen LogP contribution is 2.20.